The van der Waals surface area contributed by atoms with Gasteiger partial charge in [0.2, 0.25) is 0 Å². The number of hydrogen-bond acceptors (Lipinski definition) is 3. The molecule has 0 saturated carbocycles. The summed E-state index contributed by atoms with van der Waals surface area (Å²) in [7, 11) is 0. The summed E-state index contributed by atoms with van der Waals surface area (Å²) in [6, 6.07) is 11.3. The maximum absolute atomic E-state index is 11.8. The van der Waals surface area contributed by atoms with Gasteiger partial charge in [-0.3, -0.25) is 4.79 Å². The van der Waals surface area contributed by atoms with Gasteiger partial charge in [-0.25, -0.2) is 5.43 Å². The number of carbonyl (C=O) groups excluding carboxylic acids is 1. The minimum Gasteiger partial charge on any atom is -0.267 e. The molecule has 18 heavy (non-hydrogen) atoms. The average Bonchev–Trinajstić information content (AvgIpc) is 2.75. The highest BCUT2D eigenvalue weighted by atomic mass is 79.9. The van der Waals surface area contributed by atoms with Crippen LogP contribution < -0.4 is 5.43 Å². The van der Waals surface area contributed by atoms with Gasteiger partial charge in [0.1, 0.15) is 0 Å². The van der Waals surface area contributed by atoms with Crippen LogP contribution >= 0.6 is 27.3 Å². The lowest BCUT2D eigenvalue weighted by molar-refractivity contribution is 0.0954. The number of hydrogen-bond donors (Lipinski definition) is 1. The number of rotatable bonds is 3. The van der Waals surface area contributed by atoms with E-state index in [4.69, 9.17) is 0 Å². The van der Waals surface area contributed by atoms with E-state index in [-0.39, 0.29) is 5.91 Å². The summed E-state index contributed by atoms with van der Waals surface area (Å²) in [5, 5.41) is 3.94. The molecule has 1 aromatic carbocycles. The van der Waals surface area contributed by atoms with Crippen molar-refractivity contribution in [1.82, 2.24) is 5.43 Å². The van der Waals surface area contributed by atoms with Gasteiger partial charge >= 0.3 is 0 Å². The molecule has 1 amide bonds. The van der Waals surface area contributed by atoms with E-state index in [1.54, 1.807) is 23.6 Å². The molecule has 0 atom stereocenters. The van der Waals surface area contributed by atoms with Crippen molar-refractivity contribution < 1.29 is 4.79 Å². The second-order valence-electron chi connectivity index (χ2n) is 3.66. The zero-order valence-electron chi connectivity index (χ0n) is 9.68. The topological polar surface area (TPSA) is 41.5 Å². The third-order valence-corrected chi connectivity index (χ3v) is 3.90. The number of hydrazone groups is 1. The molecule has 2 rings (SSSR count). The van der Waals surface area contributed by atoms with E-state index in [0.29, 0.717) is 5.56 Å². The van der Waals surface area contributed by atoms with Gasteiger partial charge in [0.15, 0.2) is 0 Å². The number of benzene rings is 1. The van der Waals surface area contributed by atoms with Crippen molar-refractivity contribution in [2.24, 2.45) is 5.10 Å². The van der Waals surface area contributed by atoms with Crippen molar-refractivity contribution in [1.29, 1.82) is 0 Å². The Labute approximate surface area is 118 Å². The van der Waals surface area contributed by atoms with Crippen molar-refractivity contribution in [3.05, 3.63) is 56.2 Å². The normalized spacial score (nSPS) is 10.8. The predicted molar refractivity (Wildman–Crippen MR) is 78.3 cm³/mol. The van der Waals surface area contributed by atoms with Crippen LogP contribution in [0.15, 0.2) is 45.3 Å². The summed E-state index contributed by atoms with van der Waals surface area (Å²) >= 11 is 4.92. The monoisotopic (exact) mass is 322 g/mol. The van der Waals surface area contributed by atoms with Gasteiger partial charge in [0.05, 0.1) is 10.0 Å². The zero-order chi connectivity index (χ0) is 13.0. The van der Waals surface area contributed by atoms with Gasteiger partial charge in [-0.2, -0.15) is 5.10 Å². The number of amides is 1. The molecule has 1 heterocycles. The fourth-order valence-electron chi connectivity index (χ4n) is 1.44. The number of nitrogens with one attached hydrogen (secondary N) is 1. The highest BCUT2D eigenvalue weighted by Gasteiger charge is 2.06. The van der Waals surface area contributed by atoms with Crippen molar-refractivity contribution in [2.75, 3.05) is 0 Å². The molecule has 5 heteroatoms. The molecule has 0 aliphatic carbocycles. The Kier molecular flexibility index (Phi) is 4.28. The minimum absolute atomic E-state index is 0.194. The molecular weight excluding hydrogens is 312 g/mol. The first-order valence-electron chi connectivity index (χ1n) is 5.31. The predicted octanol–water partition coefficient (Wildman–Crippen LogP) is 3.58. The molecule has 2 aromatic rings. The highest BCUT2D eigenvalue weighted by molar-refractivity contribution is 9.11. The highest BCUT2D eigenvalue weighted by Crippen LogP contribution is 2.20. The molecule has 3 nitrogen and oxygen atoms in total. The maximum atomic E-state index is 11.8. The number of carbonyl (C=O) groups is 1. The molecule has 0 aliphatic rings. The lowest BCUT2D eigenvalue weighted by Crippen LogP contribution is -2.18. The van der Waals surface area contributed by atoms with Crippen LogP contribution in [-0.4, -0.2) is 12.1 Å². The fraction of sp³-hybridized carbons (Fsp3) is 0.0769. The van der Waals surface area contributed by atoms with Gasteiger partial charge in [-0.15, -0.1) is 11.3 Å². The Hall–Kier alpha value is -1.46. The molecule has 0 unspecified atom stereocenters. The molecule has 0 bridgehead atoms. The third kappa shape index (κ3) is 3.27. The number of aryl methyl sites for hydroxylation is 1. The second kappa shape index (κ2) is 5.93. The quantitative estimate of drug-likeness (QED) is 0.681. The Morgan fingerprint density at radius 3 is 2.78 bits per heavy atom. The van der Waals surface area contributed by atoms with Gasteiger partial charge in [0, 0.05) is 10.4 Å². The molecule has 0 spiro atoms. The molecule has 0 fully saturated rings. The van der Waals surface area contributed by atoms with Crippen molar-refractivity contribution in [2.45, 2.75) is 6.92 Å². The first-order valence-corrected chi connectivity index (χ1v) is 6.92. The summed E-state index contributed by atoms with van der Waals surface area (Å²) in [5.74, 6) is -0.194. The Morgan fingerprint density at radius 1 is 1.33 bits per heavy atom. The standard InChI is InChI=1S/C13H11BrN2OS/c1-9-4-2-3-5-11(9)13(17)16-15-8-10-6-7-12(14)18-10/h2-8H,1H3,(H,16,17). The largest absolute Gasteiger partial charge is 0.271 e. The summed E-state index contributed by atoms with van der Waals surface area (Å²) in [5.41, 5.74) is 4.09. The molecule has 0 aliphatic heterocycles. The van der Waals surface area contributed by atoms with E-state index < -0.39 is 0 Å². The van der Waals surface area contributed by atoms with Crippen LogP contribution in [-0.2, 0) is 0 Å². The molecule has 1 aromatic heterocycles. The van der Waals surface area contributed by atoms with Crippen molar-refractivity contribution in [3.8, 4) is 0 Å². The van der Waals surface area contributed by atoms with E-state index in [1.165, 1.54) is 0 Å². The van der Waals surface area contributed by atoms with Crippen LogP contribution in [0.2, 0.25) is 0 Å². The smallest absolute Gasteiger partial charge is 0.267 e. The Balaban J connectivity index is 2.01. The lowest BCUT2D eigenvalue weighted by atomic mass is 10.1. The number of nitrogens with zero attached hydrogens (tertiary/aromatic N) is 1. The van der Waals surface area contributed by atoms with Crippen LogP contribution in [0.1, 0.15) is 20.8 Å². The first kappa shape index (κ1) is 13.0. The molecule has 0 saturated heterocycles. The zero-order valence-corrected chi connectivity index (χ0v) is 12.1. The average molecular weight is 323 g/mol. The van der Waals surface area contributed by atoms with Crippen molar-refractivity contribution in [3.63, 3.8) is 0 Å². The molecule has 1 N–H and O–H groups in total. The summed E-state index contributed by atoms with van der Waals surface area (Å²) in [4.78, 5) is 12.8. The van der Waals surface area contributed by atoms with Crippen LogP contribution in [0.4, 0.5) is 0 Å². The SMILES string of the molecule is Cc1ccccc1C(=O)NN=Cc1ccc(Br)s1. The van der Waals surface area contributed by atoms with E-state index in [9.17, 15) is 4.79 Å². The first-order chi connectivity index (χ1) is 8.66. The third-order valence-electron chi connectivity index (χ3n) is 2.34. The fourth-order valence-corrected chi connectivity index (χ4v) is 2.74. The Morgan fingerprint density at radius 2 is 2.11 bits per heavy atom. The summed E-state index contributed by atoms with van der Waals surface area (Å²) < 4.78 is 1.04. The van der Waals surface area contributed by atoms with Crippen LogP contribution in [0, 0.1) is 6.92 Å². The number of halogens is 1. The minimum atomic E-state index is -0.194. The van der Waals surface area contributed by atoms with Gasteiger partial charge < -0.3 is 0 Å². The van der Waals surface area contributed by atoms with Gasteiger partial charge in [-0.05, 0) is 46.6 Å². The van der Waals surface area contributed by atoms with Crippen LogP contribution in [0.25, 0.3) is 0 Å². The van der Waals surface area contributed by atoms with Gasteiger partial charge in [-0.1, -0.05) is 18.2 Å². The summed E-state index contributed by atoms with van der Waals surface area (Å²) in [6.45, 7) is 1.90. The molecule has 92 valence electrons. The van der Waals surface area contributed by atoms with E-state index in [1.807, 2.05) is 37.3 Å². The second-order valence-corrected chi connectivity index (χ2v) is 6.15. The van der Waals surface area contributed by atoms with E-state index in [2.05, 4.69) is 26.5 Å². The summed E-state index contributed by atoms with van der Waals surface area (Å²) in [6.07, 6.45) is 1.63. The number of thiophene rings is 1. The molecular formula is C13H11BrN2OS. The maximum Gasteiger partial charge on any atom is 0.271 e. The van der Waals surface area contributed by atoms with Crippen LogP contribution in [0.5, 0.6) is 0 Å². The molecule has 0 radical (unpaired) electrons. The van der Waals surface area contributed by atoms with E-state index >= 15 is 0 Å². The van der Waals surface area contributed by atoms with Crippen molar-refractivity contribution >= 4 is 39.4 Å². The van der Waals surface area contributed by atoms with Crippen LogP contribution in [0.3, 0.4) is 0 Å². The van der Waals surface area contributed by atoms with Gasteiger partial charge in [0.25, 0.3) is 5.91 Å². The Bertz CT molecular complexity index is 592. The van der Waals surface area contributed by atoms with E-state index in [0.717, 1.165) is 14.2 Å². The lowest BCUT2D eigenvalue weighted by Gasteiger charge is -2.02.